The van der Waals surface area contributed by atoms with Gasteiger partial charge in [0.2, 0.25) is 0 Å². The van der Waals surface area contributed by atoms with Gasteiger partial charge in [-0.05, 0) is 60.5 Å². The van der Waals surface area contributed by atoms with Crippen molar-refractivity contribution in [3.05, 3.63) is 94.3 Å². The molecule has 1 amide bonds. The maximum absolute atomic E-state index is 12.3. The molecule has 0 unspecified atom stereocenters. The van der Waals surface area contributed by atoms with Crippen molar-refractivity contribution in [2.24, 2.45) is 0 Å². The van der Waals surface area contributed by atoms with Crippen LogP contribution >= 0.6 is 11.6 Å². The molecule has 0 atom stereocenters. The molecule has 0 fully saturated rings. The molecule has 0 saturated carbocycles. The summed E-state index contributed by atoms with van der Waals surface area (Å²) in [4.78, 5) is 16.8. The number of carbonyl (C=O) groups excluding carboxylic acids is 1. The van der Waals surface area contributed by atoms with Gasteiger partial charge in [0.1, 0.15) is 5.52 Å². The Kier molecular flexibility index (Phi) is 4.65. The van der Waals surface area contributed by atoms with Crippen LogP contribution in [-0.4, -0.2) is 10.9 Å². The molecule has 0 aliphatic carbocycles. The molecule has 1 N–H and O–H groups in total. The predicted molar refractivity (Wildman–Crippen MR) is 107 cm³/mol. The third kappa shape index (κ3) is 4.01. The normalized spacial score (nSPS) is 10.9. The molecule has 5 heteroatoms. The van der Waals surface area contributed by atoms with Gasteiger partial charge in [-0.1, -0.05) is 35.9 Å². The summed E-state index contributed by atoms with van der Waals surface area (Å²) < 4.78 is 5.80. The minimum absolute atomic E-state index is 0.195. The second-order valence-corrected chi connectivity index (χ2v) is 6.85. The third-order valence-electron chi connectivity index (χ3n) is 4.24. The number of hydrogen-bond acceptors (Lipinski definition) is 3. The molecule has 134 valence electrons. The number of benzene rings is 3. The molecule has 4 nitrogen and oxygen atoms in total. The van der Waals surface area contributed by atoms with Crippen molar-refractivity contribution in [1.82, 2.24) is 4.98 Å². The molecule has 27 heavy (non-hydrogen) atoms. The predicted octanol–water partition coefficient (Wildman–Crippen LogP) is 5.63. The molecular formula is C22H17ClN2O2. The van der Waals surface area contributed by atoms with Gasteiger partial charge in [0, 0.05) is 22.7 Å². The Hall–Kier alpha value is -3.11. The Balaban J connectivity index is 1.46. The average molecular weight is 377 g/mol. The first-order valence-corrected chi connectivity index (χ1v) is 8.96. The van der Waals surface area contributed by atoms with Crippen molar-refractivity contribution in [3.8, 4) is 0 Å². The second-order valence-electron chi connectivity index (χ2n) is 6.42. The van der Waals surface area contributed by atoms with Crippen LogP contribution in [0, 0.1) is 6.92 Å². The van der Waals surface area contributed by atoms with E-state index in [0.717, 1.165) is 27.9 Å². The van der Waals surface area contributed by atoms with Gasteiger partial charge < -0.3 is 9.73 Å². The maximum Gasteiger partial charge on any atom is 0.255 e. The highest BCUT2D eigenvalue weighted by molar-refractivity contribution is 6.31. The second kappa shape index (κ2) is 7.25. The summed E-state index contributed by atoms with van der Waals surface area (Å²) in [5.74, 6) is 0.478. The van der Waals surface area contributed by atoms with E-state index >= 15 is 0 Å². The third-order valence-corrected chi connectivity index (χ3v) is 4.48. The van der Waals surface area contributed by atoms with Crippen LogP contribution in [0.25, 0.3) is 11.1 Å². The van der Waals surface area contributed by atoms with E-state index in [2.05, 4.69) is 10.3 Å². The Morgan fingerprint density at radius 3 is 2.67 bits per heavy atom. The lowest BCUT2D eigenvalue weighted by Crippen LogP contribution is -2.11. The molecule has 4 aromatic rings. The lowest BCUT2D eigenvalue weighted by molar-refractivity contribution is 0.102. The Bertz CT molecular complexity index is 1120. The highest BCUT2D eigenvalue weighted by Gasteiger charge is 2.09. The lowest BCUT2D eigenvalue weighted by atomic mass is 10.1. The van der Waals surface area contributed by atoms with E-state index in [1.54, 1.807) is 24.3 Å². The number of oxazole rings is 1. The summed E-state index contributed by atoms with van der Waals surface area (Å²) in [7, 11) is 0. The van der Waals surface area contributed by atoms with E-state index < -0.39 is 0 Å². The van der Waals surface area contributed by atoms with Crippen LogP contribution < -0.4 is 5.32 Å². The van der Waals surface area contributed by atoms with E-state index in [-0.39, 0.29) is 5.91 Å². The number of rotatable bonds is 4. The van der Waals surface area contributed by atoms with Gasteiger partial charge in [0.25, 0.3) is 5.91 Å². The number of carbonyl (C=O) groups is 1. The number of hydrogen-bond donors (Lipinski definition) is 1. The molecule has 0 saturated heterocycles. The van der Waals surface area contributed by atoms with E-state index in [1.165, 1.54) is 0 Å². The Labute approximate surface area is 161 Å². The zero-order valence-corrected chi connectivity index (χ0v) is 15.5. The molecule has 0 radical (unpaired) electrons. The molecule has 3 aromatic carbocycles. The number of nitrogens with one attached hydrogen (secondary N) is 1. The SMILES string of the molecule is Cc1ccc2oc(Cc3ccc(NC(=O)c4cccc(Cl)c4)cc3)nc2c1. The molecular weight excluding hydrogens is 360 g/mol. The topological polar surface area (TPSA) is 55.1 Å². The summed E-state index contributed by atoms with van der Waals surface area (Å²) in [6, 6.07) is 20.4. The highest BCUT2D eigenvalue weighted by Crippen LogP contribution is 2.20. The maximum atomic E-state index is 12.3. The Morgan fingerprint density at radius 1 is 1.07 bits per heavy atom. The average Bonchev–Trinajstić information content (AvgIpc) is 3.04. The minimum atomic E-state index is -0.195. The fourth-order valence-corrected chi connectivity index (χ4v) is 3.06. The van der Waals surface area contributed by atoms with Gasteiger partial charge in [0.05, 0.1) is 0 Å². The number of amides is 1. The van der Waals surface area contributed by atoms with Gasteiger partial charge in [-0.15, -0.1) is 0 Å². The molecule has 0 spiro atoms. The van der Waals surface area contributed by atoms with Gasteiger partial charge >= 0.3 is 0 Å². The van der Waals surface area contributed by atoms with Crippen LogP contribution in [-0.2, 0) is 6.42 Å². The van der Waals surface area contributed by atoms with Gasteiger partial charge in [-0.25, -0.2) is 4.98 Å². The zero-order chi connectivity index (χ0) is 18.8. The Morgan fingerprint density at radius 2 is 1.89 bits per heavy atom. The summed E-state index contributed by atoms with van der Waals surface area (Å²) in [6.07, 6.45) is 0.593. The van der Waals surface area contributed by atoms with Crippen LogP contribution in [0.1, 0.15) is 27.4 Å². The van der Waals surface area contributed by atoms with Crippen LogP contribution in [0.5, 0.6) is 0 Å². The minimum Gasteiger partial charge on any atom is -0.440 e. The fourth-order valence-electron chi connectivity index (χ4n) is 2.87. The highest BCUT2D eigenvalue weighted by atomic mass is 35.5. The van der Waals surface area contributed by atoms with Crippen LogP contribution in [0.3, 0.4) is 0 Å². The molecule has 1 heterocycles. The quantitative estimate of drug-likeness (QED) is 0.502. The summed E-state index contributed by atoms with van der Waals surface area (Å²) in [5, 5.41) is 3.40. The summed E-state index contributed by atoms with van der Waals surface area (Å²) in [5.41, 5.74) is 5.11. The summed E-state index contributed by atoms with van der Waals surface area (Å²) in [6.45, 7) is 2.03. The molecule has 4 rings (SSSR count). The standard InChI is InChI=1S/C22H17ClN2O2/c1-14-5-10-20-19(11-14)25-21(27-20)12-15-6-8-18(9-7-15)24-22(26)16-3-2-4-17(23)13-16/h2-11,13H,12H2,1H3,(H,24,26). The smallest absolute Gasteiger partial charge is 0.255 e. The van der Waals surface area contributed by atoms with E-state index in [4.69, 9.17) is 16.0 Å². The molecule has 0 bridgehead atoms. The number of fused-ring (bicyclic) bond motifs is 1. The number of halogens is 1. The fraction of sp³-hybridized carbons (Fsp3) is 0.0909. The number of aromatic nitrogens is 1. The largest absolute Gasteiger partial charge is 0.440 e. The van der Waals surface area contributed by atoms with Gasteiger partial charge in [-0.2, -0.15) is 0 Å². The zero-order valence-electron chi connectivity index (χ0n) is 14.7. The van der Waals surface area contributed by atoms with Crippen LogP contribution in [0.4, 0.5) is 5.69 Å². The van der Waals surface area contributed by atoms with Crippen molar-refractivity contribution >= 4 is 34.3 Å². The van der Waals surface area contributed by atoms with Crippen molar-refractivity contribution in [3.63, 3.8) is 0 Å². The lowest BCUT2D eigenvalue weighted by Gasteiger charge is -2.06. The first-order valence-electron chi connectivity index (χ1n) is 8.59. The van der Waals surface area contributed by atoms with Crippen molar-refractivity contribution in [2.45, 2.75) is 13.3 Å². The van der Waals surface area contributed by atoms with E-state index in [0.29, 0.717) is 22.9 Å². The van der Waals surface area contributed by atoms with Crippen LogP contribution in [0.2, 0.25) is 5.02 Å². The number of nitrogens with zero attached hydrogens (tertiary/aromatic N) is 1. The van der Waals surface area contributed by atoms with Gasteiger partial charge in [-0.3, -0.25) is 4.79 Å². The van der Waals surface area contributed by atoms with Crippen molar-refractivity contribution in [2.75, 3.05) is 5.32 Å². The van der Waals surface area contributed by atoms with E-state index in [1.807, 2.05) is 49.4 Å². The van der Waals surface area contributed by atoms with Gasteiger partial charge in [0.15, 0.2) is 11.5 Å². The number of anilines is 1. The van der Waals surface area contributed by atoms with E-state index in [9.17, 15) is 4.79 Å². The summed E-state index contributed by atoms with van der Waals surface area (Å²) >= 11 is 5.93. The molecule has 0 aliphatic rings. The molecule has 1 aromatic heterocycles. The van der Waals surface area contributed by atoms with Crippen molar-refractivity contribution in [1.29, 1.82) is 0 Å². The number of aryl methyl sites for hydroxylation is 1. The van der Waals surface area contributed by atoms with Crippen LogP contribution in [0.15, 0.2) is 71.1 Å². The first-order chi connectivity index (χ1) is 13.1. The van der Waals surface area contributed by atoms with Crippen molar-refractivity contribution < 1.29 is 9.21 Å². The molecule has 0 aliphatic heterocycles. The monoisotopic (exact) mass is 376 g/mol. The first kappa shape index (κ1) is 17.3.